The van der Waals surface area contributed by atoms with Gasteiger partial charge in [-0.25, -0.2) is 13.4 Å². The fourth-order valence-electron chi connectivity index (χ4n) is 1.44. The highest BCUT2D eigenvalue weighted by atomic mass is 79.9. The number of aromatic nitrogens is 2. The van der Waals surface area contributed by atoms with E-state index in [0.717, 1.165) is 0 Å². The van der Waals surface area contributed by atoms with Gasteiger partial charge in [-0.1, -0.05) is 27.5 Å². The number of methoxy groups -OCH3 is 1. The molecule has 0 atom stereocenters. The standard InChI is InChI=1S/C11H9BrClN3O3S/c1-19-8-3-2-7(12)4-9(8)20(17,18)16-11-6-14-5-10(13)15-11/h2-6H,1H3,(H,15,16). The second-order valence-electron chi connectivity index (χ2n) is 3.63. The molecule has 20 heavy (non-hydrogen) atoms. The first-order chi connectivity index (χ1) is 9.42. The Morgan fingerprint density at radius 2 is 2.10 bits per heavy atom. The average Bonchev–Trinajstić information content (AvgIpc) is 2.38. The van der Waals surface area contributed by atoms with Crippen molar-refractivity contribution in [3.63, 3.8) is 0 Å². The molecule has 6 nitrogen and oxygen atoms in total. The number of rotatable bonds is 4. The average molecular weight is 379 g/mol. The Kier molecular flexibility index (Phi) is 4.46. The van der Waals surface area contributed by atoms with Gasteiger partial charge in [-0.3, -0.25) is 9.71 Å². The number of hydrogen-bond acceptors (Lipinski definition) is 5. The number of ether oxygens (including phenoxy) is 1. The molecule has 0 aliphatic rings. The first-order valence-corrected chi connectivity index (χ1v) is 7.92. The van der Waals surface area contributed by atoms with Crippen molar-refractivity contribution in [1.82, 2.24) is 9.97 Å². The van der Waals surface area contributed by atoms with Crippen LogP contribution < -0.4 is 9.46 Å². The lowest BCUT2D eigenvalue weighted by Gasteiger charge is -2.11. The second-order valence-corrected chi connectivity index (χ2v) is 6.58. The molecule has 0 aliphatic heterocycles. The molecule has 1 N–H and O–H groups in total. The Hall–Kier alpha value is -1.38. The van der Waals surface area contributed by atoms with Crippen molar-refractivity contribution in [3.8, 4) is 5.75 Å². The van der Waals surface area contributed by atoms with Crippen LogP contribution in [0.5, 0.6) is 5.75 Å². The minimum absolute atomic E-state index is 0.0175. The Morgan fingerprint density at radius 3 is 2.75 bits per heavy atom. The Labute approximate surface area is 129 Å². The third-order valence-electron chi connectivity index (χ3n) is 2.26. The number of nitrogens with zero attached hydrogens (tertiary/aromatic N) is 2. The second kappa shape index (κ2) is 5.94. The van der Waals surface area contributed by atoms with Gasteiger partial charge in [0.1, 0.15) is 15.8 Å². The highest BCUT2D eigenvalue weighted by Crippen LogP contribution is 2.28. The number of anilines is 1. The van der Waals surface area contributed by atoms with Gasteiger partial charge in [0.25, 0.3) is 10.0 Å². The predicted octanol–water partition coefficient (Wildman–Crippen LogP) is 2.70. The fraction of sp³-hybridized carbons (Fsp3) is 0.0909. The summed E-state index contributed by atoms with van der Waals surface area (Å²) >= 11 is 8.88. The van der Waals surface area contributed by atoms with Crippen LogP contribution >= 0.6 is 27.5 Å². The third-order valence-corrected chi connectivity index (χ3v) is 4.31. The molecule has 0 bridgehead atoms. The van der Waals surface area contributed by atoms with Crippen LogP contribution in [0.2, 0.25) is 5.15 Å². The van der Waals surface area contributed by atoms with E-state index in [0.29, 0.717) is 4.47 Å². The van der Waals surface area contributed by atoms with Crippen LogP contribution in [0.25, 0.3) is 0 Å². The molecule has 2 rings (SSSR count). The van der Waals surface area contributed by atoms with Crippen molar-refractivity contribution in [2.24, 2.45) is 0 Å². The van der Waals surface area contributed by atoms with Gasteiger partial charge in [-0.15, -0.1) is 0 Å². The molecule has 106 valence electrons. The monoisotopic (exact) mass is 377 g/mol. The summed E-state index contributed by atoms with van der Waals surface area (Å²) in [5.74, 6) is 0.246. The molecular weight excluding hydrogens is 370 g/mol. The summed E-state index contributed by atoms with van der Waals surface area (Å²) in [5, 5.41) is 0.0893. The quantitative estimate of drug-likeness (QED) is 0.884. The summed E-state index contributed by atoms with van der Waals surface area (Å²) in [7, 11) is -2.47. The van der Waals surface area contributed by atoms with E-state index in [-0.39, 0.29) is 21.6 Å². The zero-order chi connectivity index (χ0) is 14.8. The maximum Gasteiger partial charge on any atom is 0.266 e. The van der Waals surface area contributed by atoms with Crippen LogP contribution in [-0.4, -0.2) is 25.5 Å². The van der Waals surface area contributed by atoms with Gasteiger partial charge < -0.3 is 4.74 Å². The van der Waals surface area contributed by atoms with E-state index in [1.807, 2.05) is 0 Å². The number of nitrogens with one attached hydrogen (secondary N) is 1. The predicted molar refractivity (Wildman–Crippen MR) is 78.5 cm³/mol. The molecular formula is C11H9BrClN3O3S. The van der Waals surface area contributed by atoms with Crippen molar-refractivity contribution in [2.75, 3.05) is 11.8 Å². The van der Waals surface area contributed by atoms with Gasteiger partial charge in [-0.05, 0) is 18.2 Å². The zero-order valence-electron chi connectivity index (χ0n) is 10.2. The highest BCUT2D eigenvalue weighted by Gasteiger charge is 2.20. The summed E-state index contributed by atoms with van der Waals surface area (Å²) in [4.78, 5) is 7.56. The van der Waals surface area contributed by atoms with Crippen molar-refractivity contribution in [3.05, 3.63) is 40.2 Å². The molecule has 0 saturated carbocycles. The summed E-state index contributed by atoms with van der Waals surface area (Å²) in [5.41, 5.74) is 0. The Morgan fingerprint density at radius 1 is 1.35 bits per heavy atom. The van der Waals surface area contributed by atoms with E-state index in [1.165, 1.54) is 25.6 Å². The lowest BCUT2D eigenvalue weighted by molar-refractivity contribution is 0.403. The summed E-state index contributed by atoms with van der Waals surface area (Å²) in [6.07, 6.45) is 2.56. The van der Waals surface area contributed by atoms with Gasteiger partial charge in [0.15, 0.2) is 5.82 Å². The molecule has 2 aromatic rings. The van der Waals surface area contributed by atoms with Gasteiger partial charge in [0.2, 0.25) is 0 Å². The zero-order valence-corrected chi connectivity index (χ0v) is 13.3. The van der Waals surface area contributed by atoms with Crippen LogP contribution in [0.15, 0.2) is 40.0 Å². The van der Waals surface area contributed by atoms with Gasteiger partial charge in [0.05, 0.1) is 19.5 Å². The lowest BCUT2D eigenvalue weighted by Crippen LogP contribution is -2.15. The maximum atomic E-state index is 12.3. The Bertz CT molecular complexity index is 739. The molecule has 0 unspecified atom stereocenters. The molecule has 1 aromatic carbocycles. The van der Waals surface area contributed by atoms with E-state index in [9.17, 15) is 8.42 Å². The molecule has 0 amide bonds. The van der Waals surface area contributed by atoms with Gasteiger partial charge in [-0.2, -0.15) is 0 Å². The smallest absolute Gasteiger partial charge is 0.266 e. The molecule has 1 heterocycles. The van der Waals surface area contributed by atoms with Crippen molar-refractivity contribution >= 4 is 43.4 Å². The first-order valence-electron chi connectivity index (χ1n) is 5.26. The van der Waals surface area contributed by atoms with E-state index >= 15 is 0 Å². The fourth-order valence-corrected chi connectivity index (χ4v) is 3.29. The van der Waals surface area contributed by atoms with Crippen LogP contribution in [0.1, 0.15) is 0 Å². The summed E-state index contributed by atoms with van der Waals surface area (Å²) in [6, 6.07) is 4.65. The van der Waals surface area contributed by atoms with Gasteiger partial charge in [0, 0.05) is 4.47 Å². The molecule has 0 aliphatic carbocycles. The summed E-state index contributed by atoms with van der Waals surface area (Å²) < 4.78 is 32.6. The molecule has 1 aromatic heterocycles. The van der Waals surface area contributed by atoms with Crippen LogP contribution in [0.4, 0.5) is 5.82 Å². The molecule has 0 spiro atoms. The minimum atomic E-state index is -3.86. The van der Waals surface area contributed by atoms with E-state index in [2.05, 4.69) is 30.6 Å². The first kappa shape index (κ1) is 15.0. The topological polar surface area (TPSA) is 81.2 Å². The highest BCUT2D eigenvalue weighted by molar-refractivity contribution is 9.10. The largest absolute Gasteiger partial charge is 0.495 e. The van der Waals surface area contributed by atoms with E-state index < -0.39 is 10.0 Å². The van der Waals surface area contributed by atoms with E-state index in [4.69, 9.17) is 16.3 Å². The maximum absolute atomic E-state index is 12.3. The third kappa shape index (κ3) is 3.38. The summed E-state index contributed by atoms with van der Waals surface area (Å²) in [6.45, 7) is 0. The molecule has 0 saturated heterocycles. The van der Waals surface area contributed by atoms with Crippen molar-refractivity contribution in [1.29, 1.82) is 0 Å². The van der Waals surface area contributed by atoms with E-state index in [1.54, 1.807) is 12.1 Å². The lowest BCUT2D eigenvalue weighted by atomic mass is 10.3. The Balaban J connectivity index is 2.43. The number of sulfonamides is 1. The van der Waals surface area contributed by atoms with Crippen molar-refractivity contribution in [2.45, 2.75) is 4.90 Å². The molecule has 0 radical (unpaired) electrons. The normalized spacial score (nSPS) is 11.2. The van der Waals surface area contributed by atoms with Crippen LogP contribution in [0.3, 0.4) is 0 Å². The van der Waals surface area contributed by atoms with Crippen molar-refractivity contribution < 1.29 is 13.2 Å². The minimum Gasteiger partial charge on any atom is -0.495 e. The number of benzene rings is 1. The number of halogens is 2. The SMILES string of the molecule is COc1ccc(Br)cc1S(=O)(=O)Nc1cncc(Cl)n1. The number of hydrogen-bond donors (Lipinski definition) is 1. The molecule has 9 heteroatoms. The molecule has 0 fully saturated rings. The van der Waals surface area contributed by atoms with Gasteiger partial charge >= 0.3 is 0 Å². The van der Waals surface area contributed by atoms with Crippen LogP contribution in [-0.2, 0) is 10.0 Å². The van der Waals surface area contributed by atoms with Crippen LogP contribution in [0, 0.1) is 0 Å².